The van der Waals surface area contributed by atoms with Gasteiger partial charge in [-0.1, -0.05) is 17.7 Å². The average molecular weight is 438 g/mol. The van der Waals surface area contributed by atoms with Crippen LogP contribution in [0.25, 0.3) is 33.8 Å². The van der Waals surface area contributed by atoms with Crippen LogP contribution in [0.1, 0.15) is 31.5 Å². The third-order valence-electron chi connectivity index (χ3n) is 5.91. The van der Waals surface area contributed by atoms with Gasteiger partial charge in [-0.3, -0.25) is 4.68 Å². The quantitative estimate of drug-likeness (QED) is 0.460. The van der Waals surface area contributed by atoms with E-state index in [9.17, 15) is 9.50 Å². The molecule has 1 aliphatic carbocycles. The lowest BCUT2D eigenvalue weighted by atomic mass is 9.77. The zero-order chi connectivity index (χ0) is 21.8. The highest BCUT2D eigenvalue weighted by Crippen LogP contribution is 2.45. The second kappa shape index (κ2) is 7.28. The molecule has 8 heteroatoms. The Morgan fingerprint density at radius 3 is 2.58 bits per heavy atom. The van der Waals surface area contributed by atoms with E-state index >= 15 is 0 Å². The number of hydrogen-bond acceptors (Lipinski definition) is 4. The van der Waals surface area contributed by atoms with Gasteiger partial charge in [-0.05, 0) is 44.9 Å². The molecule has 1 aromatic carbocycles. The van der Waals surface area contributed by atoms with Crippen molar-refractivity contribution < 1.29 is 9.50 Å². The highest BCUT2D eigenvalue weighted by atomic mass is 35.5. The molecule has 0 aliphatic heterocycles. The van der Waals surface area contributed by atoms with Crippen molar-refractivity contribution >= 4 is 11.6 Å². The zero-order valence-corrected chi connectivity index (χ0v) is 17.9. The maximum atomic E-state index is 14.8. The van der Waals surface area contributed by atoms with Gasteiger partial charge in [0.2, 0.25) is 0 Å². The fourth-order valence-corrected chi connectivity index (χ4v) is 4.68. The summed E-state index contributed by atoms with van der Waals surface area (Å²) in [6.07, 6.45) is 8.13. The van der Waals surface area contributed by atoms with Crippen molar-refractivity contribution in [3.8, 4) is 33.8 Å². The van der Waals surface area contributed by atoms with Gasteiger partial charge in [0.05, 0.1) is 34.1 Å². The van der Waals surface area contributed by atoms with Gasteiger partial charge in [-0.2, -0.15) is 5.10 Å². The second-order valence-corrected chi connectivity index (χ2v) is 8.68. The maximum Gasteiger partial charge on any atom is 0.161 e. The lowest BCUT2D eigenvalue weighted by molar-refractivity contribution is -0.0548. The summed E-state index contributed by atoms with van der Waals surface area (Å²) < 4.78 is 16.7. The van der Waals surface area contributed by atoms with Crippen molar-refractivity contribution in [3.05, 3.63) is 65.6 Å². The Kier molecular flexibility index (Phi) is 4.68. The molecule has 31 heavy (non-hydrogen) atoms. The molecule has 1 fully saturated rings. The molecule has 2 N–H and O–H groups in total. The minimum absolute atomic E-state index is 0.149. The molecule has 1 aliphatic rings. The Labute approximate surface area is 183 Å². The molecule has 0 atom stereocenters. The Bertz CT molecular complexity index is 1240. The number of aliphatic hydroxyl groups is 1. The van der Waals surface area contributed by atoms with Gasteiger partial charge < -0.3 is 10.1 Å². The number of H-pyrrole nitrogens is 1. The third kappa shape index (κ3) is 3.34. The van der Waals surface area contributed by atoms with Gasteiger partial charge in [0.15, 0.2) is 5.82 Å². The minimum Gasteiger partial charge on any atom is -0.390 e. The Hall–Kier alpha value is -3.03. The predicted octanol–water partition coefficient (Wildman–Crippen LogP) is 5.19. The van der Waals surface area contributed by atoms with E-state index in [4.69, 9.17) is 11.6 Å². The summed E-state index contributed by atoms with van der Waals surface area (Å²) in [5.41, 5.74) is 3.47. The Morgan fingerprint density at radius 1 is 1.16 bits per heavy atom. The molecule has 1 saturated carbocycles. The summed E-state index contributed by atoms with van der Waals surface area (Å²) in [6.45, 7) is 3.82. The summed E-state index contributed by atoms with van der Waals surface area (Å²) >= 11 is 6.37. The highest BCUT2D eigenvalue weighted by Gasteiger charge is 2.40. The number of aromatic amines is 1. The van der Waals surface area contributed by atoms with Crippen molar-refractivity contribution in [3.63, 3.8) is 0 Å². The molecule has 0 saturated heterocycles. The predicted molar refractivity (Wildman–Crippen MR) is 117 cm³/mol. The van der Waals surface area contributed by atoms with Crippen LogP contribution in [0.5, 0.6) is 0 Å². The smallest absolute Gasteiger partial charge is 0.161 e. The lowest BCUT2D eigenvalue weighted by Crippen LogP contribution is -2.42. The number of rotatable bonds is 4. The van der Waals surface area contributed by atoms with Crippen LogP contribution in [0.4, 0.5) is 4.39 Å². The standard InChI is InChI=1S/C23H21ClFN5O/c1-13-15(12-29-30(13)14-9-23(2,31)10-14)21-20(22-26-7-4-8-27-22)16(11-28-21)19-17(24)5-3-6-18(19)25/h3-8,11-12,14,28,31H,9-10H2,1-2H3. The van der Waals surface area contributed by atoms with Crippen LogP contribution < -0.4 is 0 Å². The van der Waals surface area contributed by atoms with E-state index in [1.54, 1.807) is 43.0 Å². The Balaban J connectivity index is 1.68. The molecule has 6 nitrogen and oxygen atoms in total. The first kappa shape index (κ1) is 19.9. The van der Waals surface area contributed by atoms with Crippen LogP contribution in [-0.4, -0.2) is 35.4 Å². The molecule has 3 aromatic heterocycles. The van der Waals surface area contributed by atoms with Crippen molar-refractivity contribution in [1.29, 1.82) is 0 Å². The SMILES string of the molecule is Cc1c(-c2[nH]cc(-c3c(F)cccc3Cl)c2-c2ncccn2)cnn1C1CC(C)(O)C1. The molecule has 0 amide bonds. The summed E-state index contributed by atoms with van der Waals surface area (Å²) in [4.78, 5) is 12.1. The molecule has 5 rings (SSSR count). The summed E-state index contributed by atoms with van der Waals surface area (Å²) in [5, 5.41) is 15.0. The molecule has 0 bridgehead atoms. The van der Waals surface area contributed by atoms with Crippen molar-refractivity contribution in [1.82, 2.24) is 24.7 Å². The van der Waals surface area contributed by atoms with Crippen LogP contribution >= 0.6 is 11.6 Å². The van der Waals surface area contributed by atoms with Crippen molar-refractivity contribution in [2.24, 2.45) is 0 Å². The molecule has 0 radical (unpaired) electrons. The van der Waals surface area contributed by atoms with E-state index in [1.165, 1.54) is 6.07 Å². The van der Waals surface area contributed by atoms with Gasteiger partial charge in [-0.25, -0.2) is 14.4 Å². The number of aromatic nitrogens is 5. The second-order valence-electron chi connectivity index (χ2n) is 8.27. The minimum atomic E-state index is -0.645. The molecule has 3 heterocycles. The van der Waals surface area contributed by atoms with Crippen LogP contribution in [0.3, 0.4) is 0 Å². The van der Waals surface area contributed by atoms with E-state index < -0.39 is 11.4 Å². The van der Waals surface area contributed by atoms with E-state index in [0.717, 1.165) is 17.0 Å². The highest BCUT2D eigenvalue weighted by molar-refractivity contribution is 6.33. The van der Waals surface area contributed by atoms with Crippen molar-refractivity contribution in [2.75, 3.05) is 0 Å². The topological polar surface area (TPSA) is 79.6 Å². The third-order valence-corrected chi connectivity index (χ3v) is 6.23. The molecule has 158 valence electrons. The van der Waals surface area contributed by atoms with Gasteiger partial charge in [-0.15, -0.1) is 0 Å². The van der Waals surface area contributed by atoms with Gasteiger partial charge in [0.1, 0.15) is 5.82 Å². The van der Waals surface area contributed by atoms with Crippen molar-refractivity contribution in [2.45, 2.75) is 38.3 Å². The normalized spacial score (nSPS) is 20.6. The van der Waals surface area contributed by atoms with E-state index in [0.29, 0.717) is 40.4 Å². The van der Waals surface area contributed by atoms with E-state index in [-0.39, 0.29) is 6.04 Å². The fraction of sp³-hybridized carbons (Fsp3) is 0.261. The van der Waals surface area contributed by atoms with Crippen LogP contribution in [0.15, 0.2) is 49.1 Å². The number of halogens is 2. The van der Waals surface area contributed by atoms with Crippen LogP contribution in [0, 0.1) is 12.7 Å². The van der Waals surface area contributed by atoms with Crippen LogP contribution in [0.2, 0.25) is 5.02 Å². The largest absolute Gasteiger partial charge is 0.390 e. The van der Waals surface area contributed by atoms with Crippen LogP contribution in [-0.2, 0) is 0 Å². The number of benzene rings is 1. The lowest BCUT2D eigenvalue weighted by Gasteiger charge is -2.41. The summed E-state index contributed by atoms with van der Waals surface area (Å²) in [5.74, 6) is 0.0474. The first-order valence-electron chi connectivity index (χ1n) is 10.1. The number of nitrogens with zero attached hydrogens (tertiary/aromatic N) is 4. The van der Waals surface area contributed by atoms with Gasteiger partial charge >= 0.3 is 0 Å². The number of hydrogen-bond donors (Lipinski definition) is 2. The molecule has 4 aromatic rings. The average Bonchev–Trinajstić information content (AvgIpc) is 3.30. The first-order chi connectivity index (χ1) is 14.9. The molecular weight excluding hydrogens is 417 g/mol. The first-order valence-corrected chi connectivity index (χ1v) is 10.4. The maximum absolute atomic E-state index is 14.8. The van der Waals surface area contributed by atoms with E-state index in [2.05, 4.69) is 20.1 Å². The van der Waals surface area contributed by atoms with Gasteiger partial charge in [0.25, 0.3) is 0 Å². The van der Waals surface area contributed by atoms with Gasteiger partial charge in [0, 0.05) is 41.0 Å². The molecule has 0 spiro atoms. The monoisotopic (exact) mass is 437 g/mol. The summed E-state index contributed by atoms with van der Waals surface area (Å²) in [7, 11) is 0. The number of nitrogens with one attached hydrogen (secondary N) is 1. The summed E-state index contributed by atoms with van der Waals surface area (Å²) in [6, 6.07) is 6.51. The fourth-order valence-electron chi connectivity index (χ4n) is 4.41. The zero-order valence-electron chi connectivity index (χ0n) is 17.1. The Morgan fingerprint density at radius 2 is 1.90 bits per heavy atom. The van der Waals surface area contributed by atoms with E-state index in [1.807, 2.05) is 18.5 Å². The molecule has 0 unspecified atom stereocenters. The molecular formula is C23H21ClFN5O.